The number of nitrogens with one attached hydrogen (secondary N) is 1. The van der Waals surface area contributed by atoms with Gasteiger partial charge in [0.1, 0.15) is 0 Å². The van der Waals surface area contributed by atoms with Crippen LogP contribution < -0.4 is 5.32 Å². The summed E-state index contributed by atoms with van der Waals surface area (Å²) >= 11 is 0. The average molecular weight is 198 g/mol. The van der Waals surface area contributed by atoms with Gasteiger partial charge < -0.3 is 5.32 Å². The quantitative estimate of drug-likeness (QED) is 0.674. The molecule has 1 atom stereocenters. The fraction of sp³-hybridized carbons (Fsp3) is 1.00. The number of rotatable bonds is 7. The molecule has 1 N–H and O–H groups in total. The Labute approximate surface area is 89.1 Å². The topological polar surface area (TPSA) is 15.3 Å². The minimum Gasteiger partial charge on any atom is -0.314 e. The summed E-state index contributed by atoms with van der Waals surface area (Å²) in [4.78, 5) is 2.68. The lowest BCUT2D eigenvalue weighted by molar-refractivity contribution is 0.125. The van der Waals surface area contributed by atoms with Crippen molar-refractivity contribution in [3.05, 3.63) is 0 Å². The SMILES string of the molecule is CCCC(C)CN(CCC)C1CNC1. The molecule has 1 aliphatic rings. The van der Waals surface area contributed by atoms with E-state index in [9.17, 15) is 0 Å². The smallest absolute Gasteiger partial charge is 0.0345 e. The van der Waals surface area contributed by atoms with E-state index in [-0.39, 0.29) is 0 Å². The summed E-state index contributed by atoms with van der Waals surface area (Å²) in [6, 6.07) is 0.828. The first kappa shape index (κ1) is 12.0. The van der Waals surface area contributed by atoms with Crippen LogP contribution in [-0.4, -0.2) is 37.1 Å². The van der Waals surface area contributed by atoms with E-state index in [0.29, 0.717) is 0 Å². The van der Waals surface area contributed by atoms with Crippen LogP contribution in [0.1, 0.15) is 40.0 Å². The van der Waals surface area contributed by atoms with Crippen LogP contribution in [-0.2, 0) is 0 Å². The highest BCUT2D eigenvalue weighted by molar-refractivity contribution is 4.84. The van der Waals surface area contributed by atoms with Crippen LogP contribution in [0.25, 0.3) is 0 Å². The molecule has 1 rings (SSSR count). The summed E-state index contributed by atoms with van der Waals surface area (Å²) in [6.45, 7) is 11.9. The van der Waals surface area contributed by atoms with Crippen molar-refractivity contribution in [3.63, 3.8) is 0 Å². The summed E-state index contributed by atoms with van der Waals surface area (Å²) in [6.07, 6.45) is 3.99. The third kappa shape index (κ3) is 3.58. The van der Waals surface area contributed by atoms with Gasteiger partial charge in [0, 0.05) is 25.7 Å². The van der Waals surface area contributed by atoms with Gasteiger partial charge in [0.25, 0.3) is 0 Å². The summed E-state index contributed by atoms with van der Waals surface area (Å²) in [5.74, 6) is 0.868. The summed E-state index contributed by atoms with van der Waals surface area (Å²) in [7, 11) is 0. The Morgan fingerprint density at radius 3 is 2.43 bits per heavy atom. The van der Waals surface area contributed by atoms with Gasteiger partial charge in [0.2, 0.25) is 0 Å². The molecule has 14 heavy (non-hydrogen) atoms. The lowest BCUT2D eigenvalue weighted by atomic mass is 10.0. The van der Waals surface area contributed by atoms with Gasteiger partial charge in [-0.2, -0.15) is 0 Å². The highest BCUT2D eigenvalue weighted by Crippen LogP contribution is 2.12. The molecule has 1 saturated heterocycles. The Morgan fingerprint density at radius 2 is 2.00 bits per heavy atom. The zero-order valence-electron chi connectivity index (χ0n) is 10.1. The van der Waals surface area contributed by atoms with Crippen molar-refractivity contribution in [1.29, 1.82) is 0 Å². The molecule has 84 valence electrons. The molecule has 0 spiro atoms. The van der Waals surface area contributed by atoms with E-state index < -0.39 is 0 Å². The van der Waals surface area contributed by atoms with Crippen molar-refractivity contribution in [2.24, 2.45) is 5.92 Å². The Hall–Kier alpha value is -0.0800. The monoisotopic (exact) mass is 198 g/mol. The van der Waals surface area contributed by atoms with Crippen LogP contribution in [0.5, 0.6) is 0 Å². The maximum Gasteiger partial charge on any atom is 0.0345 e. The first-order chi connectivity index (χ1) is 6.77. The number of hydrogen-bond donors (Lipinski definition) is 1. The average Bonchev–Trinajstić information content (AvgIpc) is 2.01. The van der Waals surface area contributed by atoms with E-state index in [0.717, 1.165) is 12.0 Å². The molecule has 0 saturated carbocycles. The maximum atomic E-state index is 3.36. The van der Waals surface area contributed by atoms with E-state index >= 15 is 0 Å². The lowest BCUT2D eigenvalue weighted by Gasteiger charge is -2.39. The third-order valence-electron chi connectivity index (χ3n) is 3.11. The zero-order valence-corrected chi connectivity index (χ0v) is 10.1. The minimum absolute atomic E-state index is 0.828. The molecular weight excluding hydrogens is 172 g/mol. The zero-order chi connectivity index (χ0) is 10.4. The number of nitrogens with zero attached hydrogens (tertiary/aromatic N) is 1. The van der Waals surface area contributed by atoms with E-state index in [4.69, 9.17) is 0 Å². The second-order valence-electron chi connectivity index (χ2n) is 4.70. The first-order valence-electron chi connectivity index (χ1n) is 6.22. The van der Waals surface area contributed by atoms with Crippen LogP contribution >= 0.6 is 0 Å². The summed E-state index contributed by atoms with van der Waals surface area (Å²) in [5, 5.41) is 3.36. The third-order valence-corrected chi connectivity index (χ3v) is 3.11. The molecule has 1 aliphatic heterocycles. The molecule has 0 aliphatic carbocycles. The summed E-state index contributed by atoms with van der Waals surface area (Å²) < 4.78 is 0. The Balaban J connectivity index is 2.26. The Kier molecular flexibility index (Phi) is 5.49. The fourth-order valence-electron chi connectivity index (χ4n) is 2.23. The Morgan fingerprint density at radius 1 is 1.29 bits per heavy atom. The van der Waals surface area contributed by atoms with E-state index in [1.807, 2.05) is 0 Å². The van der Waals surface area contributed by atoms with Crippen LogP contribution in [0.15, 0.2) is 0 Å². The van der Waals surface area contributed by atoms with Crippen molar-refractivity contribution in [3.8, 4) is 0 Å². The van der Waals surface area contributed by atoms with Crippen molar-refractivity contribution < 1.29 is 0 Å². The standard InChI is InChI=1S/C12H26N2/c1-4-6-11(3)10-14(7-5-2)12-8-13-9-12/h11-13H,4-10H2,1-3H3. The van der Waals surface area contributed by atoms with Gasteiger partial charge in [0.15, 0.2) is 0 Å². The van der Waals surface area contributed by atoms with E-state index in [1.165, 1.54) is 45.4 Å². The molecule has 0 aromatic heterocycles. The van der Waals surface area contributed by atoms with Crippen LogP contribution in [0.4, 0.5) is 0 Å². The van der Waals surface area contributed by atoms with E-state index in [2.05, 4.69) is 31.0 Å². The largest absolute Gasteiger partial charge is 0.314 e. The normalized spacial score (nSPS) is 19.7. The van der Waals surface area contributed by atoms with Gasteiger partial charge in [-0.25, -0.2) is 0 Å². The van der Waals surface area contributed by atoms with Crippen LogP contribution in [0, 0.1) is 5.92 Å². The van der Waals surface area contributed by atoms with Crippen LogP contribution in [0.3, 0.4) is 0 Å². The molecule has 0 amide bonds. The molecule has 0 bridgehead atoms. The van der Waals surface area contributed by atoms with Gasteiger partial charge in [-0.05, 0) is 25.3 Å². The van der Waals surface area contributed by atoms with Gasteiger partial charge in [-0.15, -0.1) is 0 Å². The molecule has 1 fully saturated rings. The van der Waals surface area contributed by atoms with Gasteiger partial charge >= 0.3 is 0 Å². The molecule has 1 unspecified atom stereocenters. The highest BCUT2D eigenvalue weighted by Gasteiger charge is 2.24. The predicted molar refractivity (Wildman–Crippen MR) is 62.6 cm³/mol. The second kappa shape index (κ2) is 6.41. The molecular formula is C12H26N2. The molecule has 2 nitrogen and oxygen atoms in total. The molecule has 0 aromatic carbocycles. The van der Waals surface area contributed by atoms with Crippen molar-refractivity contribution in [2.45, 2.75) is 46.1 Å². The lowest BCUT2D eigenvalue weighted by Crippen LogP contribution is -2.58. The highest BCUT2D eigenvalue weighted by atomic mass is 15.2. The number of hydrogen-bond acceptors (Lipinski definition) is 2. The van der Waals surface area contributed by atoms with Crippen molar-refractivity contribution >= 4 is 0 Å². The molecule has 0 radical (unpaired) electrons. The minimum atomic E-state index is 0.828. The summed E-state index contributed by atoms with van der Waals surface area (Å²) in [5.41, 5.74) is 0. The first-order valence-corrected chi connectivity index (χ1v) is 6.22. The van der Waals surface area contributed by atoms with Crippen LogP contribution in [0.2, 0.25) is 0 Å². The van der Waals surface area contributed by atoms with Crippen molar-refractivity contribution in [1.82, 2.24) is 10.2 Å². The van der Waals surface area contributed by atoms with E-state index in [1.54, 1.807) is 0 Å². The van der Waals surface area contributed by atoms with Gasteiger partial charge in [-0.3, -0.25) is 4.90 Å². The van der Waals surface area contributed by atoms with Gasteiger partial charge in [-0.1, -0.05) is 27.2 Å². The predicted octanol–water partition coefficient (Wildman–Crippen LogP) is 2.11. The maximum absolute atomic E-state index is 3.36. The molecule has 0 aromatic rings. The van der Waals surface area contributed by atoms with Crippen molar-refractivity contribution in [2.75, 3.05) is 26.2 Å². The molecule has 1 heterocycles. The molecule has 2 heteroatoms. The Bertz CT molecular complexity index is 143. The fourth-order valence-corrected chi connectivity index (χ4v) is 2.23. The van der Waals surface area contributed by atoms with Gasteiger partial charge in [0.05, 0.1) is 0 Å². The second-order valence-corrected chi connectivity index (χ2v) is 4.70.